The molecule has 0 aliphatic rings. The number of carbonyl (C=O) groups is 1. The van der Waals surface area contributed by atoms with Crippen molar-refractivity contribution < 1.29 is 9.18 Å². The number of carbonyl (C=O) groups excluding carboxylic acids is 1. The van der Waals surface area contributed by atoms with Gasteiger partial charge >= 0.3 is 0 Å². The van der Waals surface area contributed by atoms with Gasteiger partial charge in [-0.05, 0) is 30.7 Å². The van der Waals surface area contributed by atoms with E-state index in [1.165, 1.54) is 24.3 Å². The normalized spacial score (nSPS) is 10.2. The second-order valence-electron chi connectivity index (χ2n) is 3.49. The van der Waals surface area contributed by atoms with Gasteiger partial charge in [-0.3, -0.25) is 4.79 Å². The van der Waals surface area contributed by atoms with Gasteiger partial charge in [-0.25, -0.2) is 4.39 Å². The molecular formula is C12H15ClFNO. The molecule has 4 heteroatoms. The molecular weight excluding hydrogens is 229 g/mol. The molecule has 1 aromatic rings. The van der Waals surface area contributed by atoms with E-state index in [2.05, 4.69) is 0 Å². The van der Waals surface area contributed by atoms with Crippen molar-refractivity contribution in [1.29, 1.82) is 0 Å². The summed E-state index contributed by atoms with van der Waals surface area (Å²) >= 11 is 5.63. The Labute approximate surface area is 100 Å². The number of hydrogen-bond donors (Lipinski definition) is 0. The monoisotopic (exact) mass is 243 g/mol. The Morgan fingerprint density at radius 1 is 1.31 bits per heavy atom. The average Bonchev–Trinajstić information content (AvgIpc) is 2.29. The topological polar surface area (TPSA) is 20.3 Å². The SMILES string of the molecule is CCCN(CCCl)C(=O)c1ccc(F)cc1. The van der Waals surface area contributed by atoms with Crippen LogP contribution in [-0.2, 0) is 0 Å². The molecule has 1 amide bonds. The number of rotatable bonds is 5. The summed E-state index contributed by atoms with van der Waals surface area (Å²) in [6, 6.07) is 5.57. The fraction of sp³-hybridized carbons (Fsp3) is 0.417. The van der Waals surface area contributed by atoms with Crippen molar-refractivity contribution in [3.8, 4) is 0 Å². The van der Waals surface area contributed by atoms with E-state index in [-0.39, 0.29) is 11.7 Å². The molecule has 0 saturated heterocycles. The van der Waals surface area contributed by atoms with E-state index >= 15 is 0 Å². The molecule has 0 aliphatic carbocycles. The van der Waals surface area contributed by atoms with Gasteiger partial charge in [0.15, 0.2) is 0 Å². The van der Waals surface area contributed by atoms with E-state index in [1.54, 1.807) is 4.90 Å². The van der Waals surface area contributed by atoms with Crippen LogP contribution in [0, 0.1) is 5.82 Å². The first kappa shape index (κ1) is 13.0. The quantitative estimate of drug-likeness (QED) is 0.729. The van der Waals surface area contributed by atoms with Crippen molar-refractivity contribution in [3.63, 3.8) is 0 Å². The minimum Gasteiger partial charge on any atom is -0.337 e. The summed E-state index contributed by atoms with van der Waals surface area (Å²) in [5.41, 5.74) is 0.500. The molecule has 88 valence electrons. The van der Waals surface area contributed by atoms with Gasteiger partial charge in [0.25, 0.3) is 5.91 Å². The summed E-state index contributed by atoms with van der Waals surface area (Å²) in [4.78, 5) is 13.7. The van der Waals surface area contributed by atoms with Gasteiger partial charge in [0.2, 0.25) is 0 Å². The van der Waals surface area contributed by atoms with E-state index in [9.17, 15) is 9.18 Å². The minimum absolute atomic E-state index is 0.0949. The minimum atomic E-state index is -0.337. The molecule has 0 spiro atoms. The van der Waals surface area contributed by atoms with Gasteiger partial charge in [-0.2, -0.15) is 0 Å². The second-order valence-corrected chi connectivity index (χ2v) is 3.87. The Balaban J connectivity index is 2.77. The van der Waals surface area contributed by atoms with E-state index in [4.69, 9.17) is 11.6 Å². The first-order valence-electron chi connectivity index (χ1n) is 5.29. The number of halogens is 2. The number of benzene rings is 1. The first-order chi connectivity index (χ1) is 7.69. The number of amides is 1. The molecule has 0 heterocycles. The van der Waals surface area contributed by atoms with Crippen molar-refractivity contribution >= 4 is 17.5 Å². The molecule has 0 fully saturated rings. The van der Waals surface area contributed by atoms with Crippen LogP contribution in [0.1, 0.15) is 23.7 Å². The molecule has 0 bridgehead atoms. The zero-order valence-corrected chi connectivity index (χ0v) is 10.0. The smallest absolute Gasteiger partial charge is 0.253 e. The highest BCUT2D eigenvalue weighted by Crippen LogP contribution is 2.07. The predicted octanol–water partition coefficient (Wildman–Crippen LogP) is 2.92. The largest absolute Gasteiger partial charge is 0.337 e. The van der Waals surface area contributed by atoms with Gasteiger partial charge in [-0.15, -0.1) is 11.6 Å². The van der Waals surface area contributed by atoms with Crippen LogP contribution in [0.15, 0.2) is 24.3 Å². The molecule has 0 atom stereocenters. The number of nitrogens with zero attached hydrogens (tertiary/aromatic N) is 1. The van der Waals surface area contributed by atoms with E-state index in [1.807, 2.05) is 6.92 Å². The van der Waals surface area contributed by atoms with Crippen LogP contribution in [0.3, 0.4) is 0 Å². The highest BCUT2D eigenvalue weighted by molar-refractivity contribution is 6.18. The molecule has 1 rings (SSSR count). The summed E-state index contributed by atoms with van der Waals surface area (Å²) < 4.78 is 12.7. The lowest BCUT2D eigenvalue weighted by molar-refractivity contribution is 0.0765. The third-order valence-corrected chi connectivity index (χ3v) is 2.40. The van der Waals surface area contributed by atoms with Crippen molar-refractivity contribution in [3.05, 3.63) is 35.6 Å². The summed E-state index contributed by atoms with van der Waals surface area (Å²) in [5.74, 6) is -0.0223. The van der Waals surface area contributed by atoms with Crippen LogP contribution >= 0.6 is 11.6 Å². The molecule has 0 radical (unpaired) electrons. The van der Waals surface area contributed by atoms with Gasteiger partial charge in [0.05, 0.1) is 0 Å². The second kappa shape index (κ2) is 6.48. The number of hydrogen-bond acceptors (Lipinski definition) is 1. The molecule has 0 aliphatic heterocycles. The van der Waals surface area contributed by atoms with Crippen LogP contribution in [0.25, 0.3) is 0 Å². The highest BCUT2D eigenvalue weighted by Gasteiger charge is 2.13. The average molecular weight is 244 g/mol. The summed E-state index contributed by atoms with van der Waals surface area (Å²) in [6.45, 7) is 3.19. The van der Waals surface area contributed by atoms with Crippen molar-refractivity contribution in [2.45, 2.75) is 13.3 Å². The third-order valence-electron chi connectivity index (χ3n) is 2.23. The molecule has 0 unspecified atom stereocenters. The van der Waals surface area contributed by atoms with E-state index in [0.29, 0.717) is 24.5 Å². The highest BCUT2D eigenvalue weighted by atomic mass is 35.5. The lowest BCUT2D eigenvalue weighted by atomic mass is 10.2. The summed E-state index contributed by atoms with van der Waals surface area (Å²) in [5, 5.41) is 0. The lowest BCUT2D eigenvalue weighted by Gasteiger charge is -2.20. The van der Waals surface area contributed by atoms with Gasteiger partial charge in [0, 0.05) is 24.5 Å². The van der Waals surface area contributed by atoms with Crippen LogP contribution < -0.4 is 0 Å². The van der Waals surface area contributed by atoms with E-state index < -0.39 is 0 Å². The Kier molecular flexibility index (Phi) is 5.26. The van der Waals surface area contributed by atoms with Crippen LogP contribution in [-0.4, -0.2) is 29.8 Å². The molecule has 0 saturated carbocycles. The standard InChI is InChI=1S/C12H15ClFNO/c1-2-8-15(9-7-13)12(16)10-3-5-11(14)6-4-10/h3-6H,2,7-9H2,1H3. The van der Waals surface area contributed by atoms with Gasteiger partial charge in [0.1, 0.15) is 5.82 Å². The van der Waals surface area contributed by atoms with Crippen molar-refractivity contribution in [1.82, 2.24) is 4.90 Å². The zero-order chi connectivity index (χ0) is 12.0. The van der Waals surface area contributed by atoms with Crippen LogP contribution in [0.4, 0.5) is 4.39 Å². The van der Waals surface area contributed by atoms with Gasteiger partial charge in [-0.1, -0.05) is 6.92 Å². The zero-order valence-electron chi connectivity index (χ0n) is 9.25. The molecule has 1 aromatic carbocycles. The van der Waals surface area contributed by atoms with Crippen LogP contribution in [0.5, 0.6) is 0 Å². The first-order valence-corrected chi connectivity index (χ1v) is 5.83. The Bertz CT molecular complexity index is 333. The maximum Gasteiger partial charge on any atom is 0.253 e. The maximum absolute atomic E-state index is 12.7. The molecule has 16 heavy (non-hydrogen) atoms. The Morgan fingerprint density at radius 3 is 2.44 bits per heavy atom. The van der Waals surface area contributed by atoms with Crippen molar-refractivity contribution in [2.24, 2.45) is 0 Å². The molecule has 0 N–H and O–H groups in total. The molecule has 0 aromatic heterocycles. The number of alkyl halides is 1. The fourth-order valence-corrected chi connectivity index (χ4v) is 1.67. The van der Waals surface area contributed by atoms with Crippen LogP contribution in [0.2, 0.25) is 0 Å². The third kappa shape index (κ3) is 3.49. The maximum atomic E-state index is 12.7. The Hall–Kier alpha value is -1.09. The summed E-state index contributed by atoms with van der Waals surface area (Å²) in [6.07, 6.45) is 0.879. The fourth-order valence-electron chi connectivity index (χ4n) is 1.46. The molecule has 2 nitrogen and oxygen atoms in total. The lowest BCUT2D eigenvalue weighted by Crippen LogP contribution is -2.33. The summed E-state index contributed by atoms with van der Waals surface area (Å²) in [7, 11) is 0. The Morgan fingerprint density at radius 2 is 1.94 bits per heavy atom. The van der Waals surface area contributed by atoms with E-state index in [0.717, 1.165) is 6.42 Å². The van der Waals surface area contributed by atoms with Crippen molar-refractivity contribution in [2.75, 3.05) is 19.0 Å². The van der Waals surface area contributed by atoms with Gasteiger partial charge < -0.3 is 4.90 Å². The predicted molar refractivity (Wildman–Crippen MR) is 63.3 cm³/mol.